The van der Waals surface area contributed by atoms with Gasteiger partial charge in [0.2, 0.25) is 0 Å². The molecule has 2 aromatic heterocycles. The van der Waals surface area contributed by atoms with Crippen LogP contribution in [0.25, 0.3) is 11.0 Å². The van der Waals surface area contributed by atoms with Crippen LogP contribution in [-0.4, -0.2) is 29.0 Å². The molecule has 0 spiro atoms. The normalized spacial score (nSPS) is 13.1. The van der Waals surface area contributed by atoms with E-state index >= 15 is 0 Å². The molecule has 3 heterocycles. The lowest BCUT2D eigenvalue weighted by Crippen LogP contribution is -2.28. The lowest BCUT2D eigenvalue weighted by atomic mass is 10.1. The van der Waals surface area contributed by atoms with Gasteiger partial charge in [0, 0.05) is 23.3 Å². The number of hydrogen-bond acceptors (Lipinski definition) is 5. The Hall–Kier alpha value is -2.80. The molecule has 24 heavy (non-hydrogen) atoms. The van der Waals surface area contributed by atoms with E-state index in [9.17, 15) is 4.79 Å². The fraction of sp³-hybridized carbons (Fsp3) is 0.176. The number of hydrogen-bond donors (Lipinski definition) is 1. The molecule has 0 bridgehead atoms. The Labute approximate surface area is 142 Å². The first kappa shape index (κ1) is 14.8. The van der Waals surface area contributed by atoms with E-state index in [0.29, 0.717) is 12.1 Å². The Bertz CT molecular complexity index is 913. The molecule has 3 aromatic rings. The van der Waals surface area contributed by atoms with Gasteiger partial charge in [-0.1, -0.05) is 0 Å². The molecule has 0 radical (unpaired) electrons. The van der Waals surface area contributed by atoms with Gasteiger partial charge in [-0.25, -0.2) is 4.98 Å². The molecule has 1 aliphatic rings. The fourth-order valence-corrected chi connectivity index (χ4v) is 3.28. The van der Waals surface area contributed by atoms with Crippen LogP contribution in [0.5, 0.6) is 11.5 Å². The van der Waals surface area contributed by atoms with Crippen molar-refractivity contribution in [1.82, 2.24) is 14.7 Å². The predicted octanol–water partition coefficient (Wildman–Crippen LogP) is 2.50. The summed E-state index contributed by atoms with van der Waals surface area (Å²) in [5, 5.41) is 4.86. The van der Waals surface area contributed by atoms with Gasteiger partial charge in [0.05, 0.1) is 24.9 Å². The lowest BCUT2D eigenvalue weighted by molar-refractivity contribution is -0.117. The van der Waals surface area contributed by atoms with E-state index in [1.54, 1.807) is 18.4 Å². The molecule has 0 unspecified atom stereocenters. The molecule has 1 aliphatic heterocycles. The molecular weight excluding hydrogens is 326 g/mol. The molecular formula is C17H15N3O3S. The largest absolute Gasteiger partial charge is 0.497 e. The number of benzene rings is 1. The first-order valence-corrected chi connectivity index (χ1v) is 8.31. The highest BCUT2D eigenvalue weighted by Crippen LogP contribution is 2.29. The fourth-order valence-electron chi connectivity index (χ4n) is 2.56. The number of amides is 1. The van der Waals surface area contributed by atoms with Gasteiger partial charge in [0.25, 0.3) is 5.91 Å². The maximum absolute atomic E-state index is 12.4. The maximum atomic E-state index is 12.4. The summed E-state index contributed by atoms with van der Waals surface area (Å²) >= 11 is 1.56. The molecule has 122 valence electrons. The van der Waals surface area contributed by atoms with Crippen molar-refractivity contribution in [2.75, 3.05) is 13.7 Å². The number of nitrogens with one attached hydrogen (secondary N) is 1. The third-order valence-electron chi connectivity index (χ3n) is 3.79. The summed E-state index contributed by atoms with van der Waals surface area (Å²) < 4.78 is 12.8. The zero-order valence-electron chi connectivity index (χ0n) is 13.0. The van der Waals surface area contributed by atoms with Gasteiger partial charge in [-0.3, -0.25) is 9.20 Å². The third-order valence-corrected chi connectivity index (χ3v) is 4.57. The molecule has 7 heteroatoms. The Kier molecular flexibility index (Phi) is 3.70. The zero-order valence-corrected chi connectivity index (χ0v) is 13.8. The number of nitrogens with zero attached hydrogens (tertiary/aromatic N) is 2. The summed E-state index contributed by atoms with van der Waals surface area (Å²) in [5.74, 6) is 1.33. The maximum Gasteiger partial charge on any atom is 0.251 e. The SMILES string of the molecule is COc1ccc2c(c1)C=C(C(=O)NCc1cn3ccsc3n1)CO2. The first-order valence-electron chi connectivity index (χ1n) is 7.43. The van der Waals surface area contributed by atoms with Gasteiger partial charge in [0.15, 0.2) is 4.96 Å². The molecule has 1 aromatic carbocycles. The highest BCUT2D eigenvalue weighted by molar-refractivity contribution is 7.15. The number of carbonyl (C=O) groups excluding carboxylic acids is 1. The summed E-state index contributed by atoms with van der Waals surface area (Å²) in [7, 11) is 1.61. The highest BCUT2D eigenvalue weighted by Gasteiger charge is 2.18. The number of rotatable bonds is 4. The summed E-state index contributed by atoms with van der Waals surface area (Å²) in [6, 6.07) is 5.53. The van der Waals surface area contributed by atoms with Crippen LogP contribution in [0.3, 0.4) is 0 Å². The van der Waals surface area contributed by atoms with Crippen molar-refractivity contribution in [2.45, 2.75) is 6.54 Å². The van der Waals surface area contributed by atoms with Crippen molar-refractivity contribution in [3.05, 3.63) is 52.8 Å². The second kappa shape index (κ2) is 6.01. The van der Waals surface area contributed by atoms with E-state index in [1.165, 1.54) is 0 Å². The van der Waals surface area contributed by atoms with E-state index in [4.69, 9.17) is 9.47 Å². The van der Waals surface area contributed by atoms with Crippen LogP contribution in [0.4, 0.5) is 0 Å². The van der Waals surface area contributed by atoms with Crippen molar-refractivity contribution < 1.29 is 14.3 Å². The quantitative estimate of drug-likeness (QED) is 0.792. The third kappa shape index (κ3) is 2.74. The van der Waals surface area contributed by atoms with Crippen LogP contribution >= 0.6 is 11.3 Å². The average molecular weight is 341 g/mol. The molecule has 4 rings (SSSR count). The average Bonchev–Trinajstić information content (AvgIpc) is 3.20. The van der Waals surface area contributed by atoms with Crippen LogP contribution in [-0.2, 0) is 11.3 Å². The summed E-state index contributed by atoms with van der Waals surface area (Å²) in [6.45, 7) is 0.638. The smallest absolute Gasteiger partial charge is 0.251 e. The Morgan fingerprint density at radius 1 is 1.50 bits per heavy atom. The van der Waals surface area contributed by atoms with Crippen LogP contribution < -0.4 is 14.8 Å². The molecule has 0 fully saturated rings. The molecule has 1 N–H and O–H groups in total. The monoisotopic (exact) mass is 341 g/mol. The van der Waals surface area contributed by atoms with Gasteiger partial charge in [-0.15, -0.1) is 11.3 Å². The summed E-state index contributed by atoms with van der Waals surface area (Å²) in [5.41, 5.74) is 2.25. The Morgan fingerprint density at radius 3 is 3.25 bits per heavy atom. The number of carbonyl (C=O) groups is 1. The van der Waals surface area contributed by atoms with Crippen molar-refractivity contribution in [1.29, 1.82) is 0 Å². The van der Waals surface area contributed by atoms with E-state index in [-0.39, 0.29) is 12.5 Å². The lowest BCUT2D eigenvalue weighted by Gasteiger charge is -2.18. The van der Waals surface area contributed by atoms with Crippen molar-refractivity contribution in [2.24, 2.45) is 0 Å². The molecule has 0 saturated carbocycles. The van der Waals surface area contributed by atoms with Gasteiger partial charge < -0.3 is 14.8 Å². The predicted molar refractivity (Wildman–Crippen MR) is 91.4 cm³/mol. The number of imidazole rings is 1. The van der Waals surface area contributed by atoms with Crippen molar-refractivity contribution in [3.63, 3.8) is 0 Å². The van der Waals surface area contributed by atoms with Gasteiger partial charge >= 0.3 is 0 Å². The van der Waals surface area contributed by atoms with Gasteiger partial charge in [-0.2, -0.15) is 0 Å². The van der Waals surface area contributed by atoms with Crippen LogP contribution in [0.2, 0.25) is 0 Å². The minimum atomic E-state index is -0.153. The van der Waals surface area contributed by atoms with E-state index in [2.05, 4.69) is 10.3 Å². The second-order valence-electron chi connectivity index (χ2n) is 5.37. The van der Waals surface area contributed by atoms with Crippen LogP contribution in [0, 0.1) is 0 Å². The zero-order chi connectivity index (χ0) is 16.5. The molecule has 0 saturated heterocycles. The number of fused-ring (bicyclic) bond motifs is 2. The second-order valence-corrected chi connectivity index (χ2v) is 6.24. The molecule has 6 nitrogen and oxygen atoms in total. The Morgan fingerprint density at radius 2 is 2.42 bits per heavy atom. The van der Waals surface area contributed by atoms with Crippen LogP contribution in [0.1, 0.15) is 11.3 Å². The van der Waals surface area contributed by atoms with Crippen molar-refractivity contribution in [3.8, 4) is 11.5 Å². The van der Waals surface area contributed by atoms with Crippen LogP contribution in [0.15, 0.2) is 41.5 Å². The molecule has 0 atom stereocenters. The van der Waals surface area contributed by atoms with Crippen molar-refractivity contribution >= 4 is 28.3 Å². The number of aromatic nitrogens is 2. The Balaban J connectivity index is 1.47. The molecule has 0 aliphatic carbocycles. The van der Waals surface area contributed by atoms with E-state index < -0.39 is 0 Å². The number of thiazole rings is 1. The summed E-state index contributed by atoms with van der Waals surface area (Å²) in [6.07, 6.45) is 5.70. The van der Waals surface area contributed by atoms with Gasteiger partial charge in [0.1, 0.15) is 18.1 Å². The summed E-state index contributed by atoms with van der Waals surface area (Å²) in [4.78, 5) is 17.7. The van der Waals surface area contributed by atoms with Gasteiger partial charge in [-0.05, 0) is 24.3 Å². The van der Waals surface area contributed by atoms with E-state index in [1.807, 2.05) is 46.4 Å². The minimum Gasteiger partial charge on any atom is -0.497 e. The number of methoxy groups -OCH3 is 1. The topological polar surface area (TPSA) is 64.9 Å². The highest BCUT2D eigenvalue weighted by atomic mass is 32.1. The standard InChI is InChI=1S/C17H15N3O3S/c1-22-14-2-3-15-11(7-14)6-12(10-23-15)16(21)18-8-13-9-20-4-5-24-17(20)19-13/h2-7,9H,8,10H2,1H3,(H,18,21). The number of ether oxygens (including phenoxy) is 2. The first-order chi connectivity index (χ1) is 11.7. The minimum absolute atomic E-state index is 0.153. The molecule has 1 amide bonds. The van der Waals surface area contributed by atoms with E-state index in [0.717, 1.165) is 27.7 Å².